The summed E-state index contributed by atoms with van der Waals surface area (Å²) in [7, 11) is -4.03. The van der Waals surface area contributed by atoms with Crippen LogP contribution in [0.4, 0.5) is 26.2 Å². The predicted molar refractivity (Wildman–Crippen MR) is 135 cm³/mol. The number of para-hydroxylation sites is 1. The molecule has 2 amide bonds. The van der Waals surface area contributed by atoms with Gasteiger partial charge in [-0.25, -0.2) is 22.3 Å². The first-order chi connectivity index (χ1) is 17.4. The summed E-state index contributed by atoms with van der Waals surface area (Å²) in [5, 5.41) is 18.8. The lowest BCUT2D eigenvalue weighted by molar-refractivity contribution is 0.262. The number of sulfonamides is 1. The zero-order valence-corrected chi connectivity index (χ0v) is 19.9. The topological polar surface area (TPSA) is 117 Å². The third-order valence-electron chi connectivity index (χ3n) is 5.20. The number of benzene rings is 3. The van der Waals surface area contributed by atoms with Gasteiger partial charge in [0.05, 0.1) is 23.8 Å². The Morgan fingerprint density at radius 3 is 2.22 bits per heavy atom. The van der Waals surface area contributed by atoms with Crippen molar-refractivity contribution in [1.29, 1.82) is 0 Å². The molecular formula is C25H24FN5O4S. The van der Waals surface area contributed by atoms with Crippen LogP contribution in [0.1, 0.15) is 6.42 Å². The highest BCUT2D eigenvalue weighted by atomic mass is 32.2. The molecule has 4 aromatic rings. The molecule has 0 radical (unpaired) electrons. The maximum Gasteiger partial charge on any atom is 0.323 e. The van der Waals surface area contributed by atoms with Crippen LogP contribution >= 0.6 is 0 Å². The number of halogens is 1. The largest absolute Gasteiger partial charge is 0.396 e. The molecule has 1 aromatic heterocycles. The van der Waals surface area contributed by atoms with E-state index in [2.05, 4.69) is 15.7 Å². The summed E-state index contributed by atoms with van der Waals surface area (Å²) in [6.07, 6.45) is 2.78. The number of aromatic nitrogens is 2. The first-order valence-electron chi connectivity index (χ1n) is 11.0. The lowest BCUT2D eigenvalue weighted by atomic mass is 10.2. The summed E-state index contributed by atoms with van der Waals surface area (Å²) >= 11 is 0. The van der Waals surface area contributed by atoms with Crippen LogP contribution in [0.2, 0.25) is 0 Å². The van der Waals surface area contributed by atoms with Gasteiger partial charge in [-0.05, 0) is 67.1 Å². The first-order valence-corrected chi connectivity index (χ1v) is 12.5. The van der Waals surface area contributed by atoms with Crippen LogP contribution in [-0.2, 0) is 10.0 Å². The Labute approximate surface area is 207 Å². The van der Waals surface area contributed by atoms with Gasteiger partial charge in [-0.3, -0.25) is 4.31 Å². The number of aliphatic hydroxyl groups is 1. The first kappa shape index (κ1) is 24.9. The minimum atomic E-state index is -4.03. The van der Waals surface area contributed by atoms with Gasteiger partial charge in [0.2, 0.25) is 0 Å². The van der Waals surface area contributed by atoms with Crippen LogP contribution in [0, 0.1) is 5.82 Å². The van der Waals surface area contributed by atoms with Crippen molar-refractivity contribution in [3.05, 3.63) is 97.1 Å². The number of hydrogen-bond donors (Lipinski definition) is 3. The summed E-state index contributed by atoms with van der Waals surface area (Å²) in [6.45, 7) is -0.165. The summed E-state index contributed by atoms with van der Waals surface area (Å²) in [4.78, 5) is 12.2. The number of urea groups is 1. The van der Waals surface area contributed by atoms with E-state index in [4.69, 9.17) is 0 Å². The lowest BCUT2D eigenvalue weighted by Gasteiger charge is -2.23. The van der Waals surface area contributed by atoms with Crippen molar-refractivity contribution in [3.8, 4) is 5.69 Å². The molecule has 11 heteroatoms. The van der Waals surface area contributed by atoms with E-state index in [-0.39, 0.29) is 24.5 Å². The molecule has 3 N–H and O–H groups in total. The van der Waals surface area contributed by atoms with Crippen LogP contribution in [0.25, 0.3) is 5.69 Å². The molecule has 0 saturated heterocycles. The van der Waals surface area contributed by atoms with Crippen molar-refractivity contribution in [2.24, 2.45) is 0 Å². The van der Waals surface area contributed by atoms with Gasteiger partial charge in [-0.1, -0.05) is 18.2 Å². The second-order valence-electron chi connectivity index (χ2n) is 7.74. The predicted octanol–water partition coefficient (Wildman–Crippen LogP) is 4.23. The Hall–Kier alpha value is -4.22. The highest BCUT2D eigenvalue weighted by Crippen LogP contribution is 2.26. The van der Waals surface area contributed by atoms with Crippen LogP contribution in [-0.4, -0.2) is 42.5 Å². The van der Waals surface area contributed by atoms with E-state index in [0.29, 0.717) is 22.7 Å². The standard InChI is InChI=1S/C25H24FN5O4S/c26-19-7-11-22(12-8-19)30-18-24(17-27-30)36(34,35)31(15-4-16-32)23-13-9-21(10-14-23)29-25(33)28-20-5-2-1-3-6-20/h1-3,5-14,17-18,32H,4,15-16H2,(H2,28,29,33). The van der Waals surface area contributed by atoms with Crippen molar-refractivity contribution < 1.29 is 22.7 Å². The van der Waals surface area contributed by atoms with Crippen molar-refractivity contribution in [1.82, 2.24) is 9.78 Å². The number of aliphatic hydroxyl groups excluding tert-OH is 1. The highest BCUT2D eigenvalue weighted by molar-refractivity contribution is 7.92. The average molecular weight is 510 g/mol. The Kier molecular flexibility index (Phi) is 7.62. The normalized spacial score (nSPS) is 11.2. The van der Waals surface area contributed by atoms with E-state index in [1.807, 2.05) is 6.07 Å². The molecule has 0 atom stereocenters. The molecule has 0 bridgehead atoms. The minimum Gasteiger partial charge on any atom is -0.396 e. The third kappa shape index (κ3) is 5.88. The van der Waals surface area contributed by atoms with E-state index in [0.717, 1.165) is 0 Å². The van der Waals surface area contributed by atoms with Gasteiger partial charge in [-0.2, -0.15) is 5.10 Å². The quantitative estimate of drug-likeness (QED) is 0.312. The minimum absolute atomic E-state index is 0.0296. The number of nitrogens with zero attached hydrogens (tertiary/aromatic N) is 3. The fourth-order valence-corrected chi connectivity index (χ4v) is 4.87. The monoisotopic (exact) mass is 509 g/mol. The van der Waals surface area contributed by atoms with Gasteiger partial charge in [0.1, 0.15) is 10.7 Å². The van der Waals surface area contributed by atoms with Crippen LogP contribution in [0.3, 0.4) is 0 Å². The van der Waals surface area contributed by atoms with Crippen molar-refractivity contribution in [3.63, 3.8) is 0 Å². The van der Waals surface area contributed by atoms with Gasteiger partial charge >= 0.3 is 6.03 Å². The molecule has 0 aliphatic heterocycles. The number of rotatable bonds is 9. The number of carbonyl (C=O) groups is 1. The molecule has 1 heterocycles. The molecule has 0 aliphatic carbocycles. The third-order valence-corrected chi connectivity index (χ3v) is 6.98. The summed E-state index contributed by atoms with van der Waals surface area (Å²) in [6, 6.07) is 20.3. The van der Waals surface area contributed by atoms with E-state index in [9.17, 15) is 22.7 Å². The molecule has 36 heavy (non-hydrogen) atoms. The van der Waals surface area contributed by atoms with Crippen molar-refractivity contribution in [2.75, 3.05) is 28.1 Å². The summed E-state index contributed by atoms with van der Waals surface area (Å²) in [5.41, 5.74) is 1.96. The molecule has 0 fully saturated rings. The number of carbonyl (C=O) groups excluding carboxylic acids is 1. The highest BCUT2D eigenvalue weighted by Gasteiger charge is 2.26. The Morgan fingerprint density at radius 1 is 0.944 bits per heavy atom. The van der Waals surface area contributed by atoms with Crippen molar-refractivity contribution >= 4 is 33.1 Å². The van der Waals surface area contributed by atoms with Gasteiger partial charge in [0.25, 0.3) is 10.0 Å². The molecule has 3 aromatic carbocycles. The van der Waals surface area contributed by atoms with E-state index < -0.39 is 21.9 Å². The summed E-state index contributed by atoms with van der Waals surface area (Å²) < 4.78 is 42.6. The Balaban J connectivity index is 1.53. The lowest BCUT2D eigenvalue weighted by Crippen LogP contribution is -2.32. The van der Waals surface area contributed by atoms with E-state index >= 15 is 0 Å². The molecule has 0 unspecified atom stereocenters. The second-order valence-corrected chi connectivity index (χ2v) is 9.61. The maximum absolute atomic E-state index is 13.5. The maximum atomic E-state index is 13.5. The molecule has 9 nitrogen and oxygen atoms in total. The fraction of sp³-hybridized carbons (Fsp3) is 0.120. The molecular weight excluding hydrogens is 485 g/mol. The molecule has 186 valence electrons. The Bertz CT molecular complexity index is 1410. The van der Waals surface area contributed by atoms with E-state index in [1.54, 1.807) is 48.5 Å². The average Bonchev–Trinajstić information content (AvgIpc) is 3.37. The van der Waals surface area contributed by atoms with Crippen LogP contribution < -0.4 is 14.9 Å². The van der Waals surface area contributed by atoms with E-state index in [1.165, 1.54) is 45.6 Å². The fourth-order valence-electron chi connectivity index (χ4n) is 3.43. The molecule has 0 spiro atoms. The van der Waals surface area contributed by atoms with Gasteiger partial charge < -0.3 is 15.7 Å². The SMILES string of the molecule is O=C(Nc1ccccc1)Nc1ccc(N(CCCO)S(=O)(=O)c2cnn(-c3ccc(F)cc3)c2)cc1. The number of anilines is 3. The zero-order valence-electron chi connectivity index (χ0n) is 19.1. The Morgan fingerprint density at radius 2 is 1.58 bits per heavy atom. The van der Waals surface area contributed by atoms with Gasteiger partial charge in [-0.15, -0.1) is 0 Å². The number of nitrogens with one attached hydrogen (secondary N) is 2. The van der Waals surface area contributed by atoms with Crippen LogP contribution in [0.15, 0.2) is 96.2 Å². The molecule has 4 rings (SSSR count). The smallest absolute Gasteiger partial charge is 0.323 e. The van der Waals surface area contributed by atoms with Gasteiger partial charge in [0.15, 0.2) is 0 Å². The van der Waals surface area contributed by atoms with Crippen molar-refractivity contribution in [2.45, 2.75) is 11.3 Å². The molecule has 0 saturated carbocycles. The number of hydrogen-bond acceptors (Lipinski definition) is 5. The van der Waals surface area contributed by atoms with Crippen LogP contribution in [0.5, 0.6) is 0 Å². The molecule has 0 aliphatic rings. The summed E-state index contributed by atoms with van der Waals surface area (Å²) in [5.74, 6) is -0.413. The number of amides is 2. The second kappa shape index (κ2) is 11.0. The van der Waals surface area contributed by atoms with Gasteiger partial charge in [0, 0.05) is 24.5 Å². The zero-order chi connectivity index (χ0) is 25.5.